The molecular formula is C16H16ClF3N2O2. The Bertz CT molecular complexity index is 758. The zero-order valence-electron chi connectivity index (χ0n) is 12.8. The van der Waals surface area contributed by atoms with Crippen LogP contribution in [-0.4, -0.2) is 15.6 Å². The van der Waals surface area contributed by atoms with Crippen molar-refractivity contribution in [1.82, 2.24) is 9.72 Å². The van der Waals surface area contributed by atoms with E-state index in [1.165, 1.54) is 22.8 Å². The lowest BCUT2D eigenvalue weighted by atomic mass is 9.84. The number of halogens is 4. The molecular weight excluding hydrogens is 345 g/mol. The van der Waals surface area contributed by atoms with Gasteiger partial charge in [-0.15, -0.1) is 0 Å². The van der Waals surface area contributed by atoms with Crippen molar-refractivity contribution in [2.45, 2.75) is 44.6 Å². The molecule has 8 heteroatoms. The van der Waals surface area contributed by atoms with Gasteiger partial charge in [0.25, 0.3) is 0 Å². The summed E-state index contributed by atoms with van der Waals surface area (Å²) in [4.78, 5) is 11.9. The third-order valence-corrected chi connectivity index (χ3v) is 4.80. The van der Waals surface area contributed by atoms with Gasteiger partial charge in [0.2, 0.25) is 5.92 Å². The number of nitrogens with zero attached hydrogens (tertiary/aromatic N) is 2. The van der Waals surface area contributed by atoms with Crippen molar-refractivity contribution in [3.05, 3.63) is 51.0 Å². The third-order valence-electron chi connectivity index (χ3n) is 4.45. The van der Waals surface area contributed by atoms with E-state index in [2.05, 4.69) is 9.68 Å². The number of alkyl halides is 2. The maximum absolute atomic E-state index is 13.9. The van der Waals surface area contributed by atoms with Crippen LogP contribution in [0.4, 0.5) is 13.2 Å². The van der Waals surface area contributed by atoms with E-state index in [1.54, 1.807) is 0 Å². The number of hydrogen-bond acceptors (Lipinski definition) is 3. The lowest BCUT2D eigenvalue weighted by molar-refractivity contribution is -0.0459. The highest BCUT2D eigenvalue weighted by Crippen LogP contribution is 2.37. The van der Waals surface area contributed by atoms with Crippen LogP contribution in [0.1, 0.15) is 37.1 Å². The molecule has 0 N–H and O–H groups in total. The van der Waals surface area contributed by atoms with Gasteiger partial charge in [-0.1, -0.05) is 22.8 Å². The average molecular weight is 361 g/mol. The van der Waals surface area contributed by atoms with Gasteiger partial charge in [0.05, 0.1) is 6.54 Å². The molecule has 1 aliphatic rings. The molecule has 0 atom stereocenters. The van der Waals surface area contributed by atoms with E-state index >= 15 is 0 Å². The maximum atomic E-state index is 13.9. The predicted octanol–water partition coefficient (Wildman–Crippen LogP) is 4.05. The SMILES string of the molecule is O=c1onc(CC2CCC(F)(F)CC2)n1Cc1c(F)cccc1Cl. The van der Waals surface area contributed by atoms with Crippen molar-refractivity contribution >= 4 is 11.6 Å². The minimum Gasteiger partial charge on any atom is -0.296 e. The zero-order chi connectivity index (χ0) is 17.3. The molecule has 2 aromatic rings. The van der Waals surface area contributed by atoms with Crippen LogP contribution < -0.4 is 5.76 Å². The topological polar surface area (TPSA) is 48.0 Å². The first-order valence-electron chi connectivity index (χ1n) is 7.72. The molecule has 1 aromatic heterocycles. The van der Waals surface area contributed by atoms with E-state index in [-0.39, 0.29) is 35.9 Å². The minimum atomic E-state index is -2.61. The minimum absolute atomic E-state index is 0.00327. The molecule has 0 aliphatic heterocycles. The molecule has 24 heavy (non-hydrogen) atoms. The Labute approximate surface area is 141 Å². The van der Waals surface area contributed by atoms with E-state index in [0.717, 1.165) is 0 Å². The Hall–Kier alpha value is -1.76. The Kier molecular flexibility index (Phi) is 4.71. The van der Waals surface area contributed by atoms with Crippen LogP contribution in [0.2, 0.25) is 5.02 Å². The second kappa shape index (κ2) is 6.63. The van der Waals surface area contributed by atoms with Crippen molar-refractivity contribution in [2.24, 2.45) is 5.92 Å². The van der Waals surface area contributed by atoms with Gasteiger partial charge in [-0.2, -0.15) is 0 Å². The molecule has 3 rings (SSSR count). The fourth-order valence-corrected chi connectivity index (χ4v) is 3.23. The molecule has 130 valence electrons. The van der Waals surface area contributed by atoms with Crippen molar-refractivity contribution in [1.29, 1.82) is 0 Å². The van der Waals surface area contributed by atoms with Crippen LogP contribution >= 0.6 is 11.6 Å². The van der Waals surface area contributed by atoms with Crippen LogP contribution in [0, 0.1) is 11.7 Å². The molecule has 0 saturated heterocycles. The van der Waals surface area contributed by atoms with Gasteiger partial charge >= 0.3 is 5.76 Å². The normalized spacial score (nSPS) is 18.0. The average Bonchev–Trinajstić information content (AvgIpc) is 2.86. The Morgan fingerprint density at radius 2 is 2.04 bits per heavy atom. The highest BCUT2D eigenvalue weighted by molar-refractivity contribution is 6.31. The number of rotatable bonds is 4. The molecule has 0 unspecified atom stereocenters. The molecule has 1 saturated carbocycles. The van der Waals surface area contributed by atoms with Gasteiger partial charge in [-0.25, -0.2) is 18.0 Å². The van der Waals surface area contributed by atoms with E-state index in [0.29, 0.717) is 25.1 Å². The van der Waals surface area contributed by atoms with E-state index in [1.807, 2.05) is 0 Å². The van der Waals surface area contributed by atoms with Gasteiger partial charge in [0, 0.05) is 29.8 Å². The number of aromatic nitrogens is 2. The standard InChI is InChI=1S/C16H16ClF3N2O2/c17-12-2-1-3-13(18)11(12)9-22-14(21-24-15(22)23)8-10-4-6-16(19,20)7-5-10/h1-3,10H,4-9H2. The molecule has 1 aromatic carbocycles. The first-order chi connectivity index (χ1) is 11.4. The summed E-state index contributed by atoms with van der Waals surface area (Å²) >= 11 is 5.98. The highest BCUT2D eigenvalue weighted by atomic mass is 35.5. The maximum Gasteiger partial charge on any atom is 0.441 e. The quantitative estimate of drug-likeness (QED) is 0.826. The second-order valence-corrected chi connectivity index (χ2v) is 6.56. The Balaban J connectivity index is 1.79. The summed E-state index contributed by atoms with van der Waals surface area (Å²) in [5.41, 5.74) is 0.167. The van der Waals surface area contributed by atoms with Gasteiger partial charge < -0.3 is 0 Å². The molecule has 4 nitrogen and oxygen atoms in total. The number of benzene rings is 1. The van der Waals surface area contributed by atoms with Crippen LogP contribution in [-0.2, 0) is 13.0 Å². The summed E-state index contributed by atoms with van der Waals surface area (Å²) in [5, 5.41) is 3.92. The van der Waals surface area contributed by atoms with Gasteiger partial charge in [-0.3, -0.25) is 9.09 Å². The largest absolute Gasteiger partial charge is 0.441 e. The summed E-state index contributed by atoms with van der Waals surface area (Å²) in [7, 11) is 0. The van der Waals surface area contributed by atoms with E-state index in [4.69, 9.17) is 11.6 Å². The molecule has 0 amide bonds. The molecule has 0 bridgehead atoms. The van der Waals surface area contributed by atoms with Crippen molar-refractivity contribution in [2.75, 3.05) is 0 Å². The van der Waals surface area contributed by atoms with Gasteiger partial charge in [0.1, 0.15) is 5.82 Å². The first-order valence-corrected chi connectivity index (χ1v) is 8.09. The van der Waals surface area contributed by atoms with Crippen molar-refractivity contribution in [3.63, 3.8) is 0 Å². The monoisotopic (exact) mass is 360 g/mol. The van der Waals surface area contributed by atoms with Crippen molar-refractivity contribution in [3.8, 4) is 0 Å². The van der Waals surface area contributed by atoms with Crippen molar-refractivity contribution < 1.29 is 17.7 Å². The molecule has 0 radical (unpaired) electrons. The number of hydrogen-bond donors (Lipinski definition) is 0. The van der Waals surface area contributed by atoms with Gasteiger partial charge in [0.15, 0.2) is 5.82 Å². The highest BCUT2D eigenvalue weighted by Gasteiger charge is 2.35. The Morgan fingerprint density at radius 1 is 1.33 bits per heavy atom. The first kappa shape index (κ1) is 17.1. The molecule has 0 spiro atoms. The fraction of sp³-hybridized carbons (Fsp3) is 0.500. The second-order valence-electron chi connectivity index (χ2n) is 6.15. The fourth-order valence-electron chi connectivity index (χ4n) is 3.00. The molecule has 1 aliphatic carbocycles. The lowest BCUT2D eigenvalue weighted by Crippen LogP contribution is -2.27. The van der Waals surface area contributed by atoms with E-state index in [9.17, 15) is 18.0 Å². The molecule has 1 heterocycles. The smallest absolute Gasteiger partial charge is 0.296 e. The zero-order valence-corrected chi connectivity index (χ0v) is 13.5. The van der Waals surface area contributed by atoms with Crippen LogP contribution in [0.3, 0.4) is 0 Å². The van der Waals surface area contributed by atoms with Crippen LogP contribution in [0.25, 0.3) is 0 Å². The summed E-state index contributed by atoms with van der Waals surface area (Å²) in [5.74, 6) is -3.53. The van der Waals surface area contributed by atoms with Gasteiger partial charge in [-0.05, 0) is 30.9 Å². The summed E-state index contributed by atoms with van der Waals surface area (Å²) in [6, 6.07) is 4.25. The lowest BCUT2D eigenvalue weighted by Gasteiger charge is -2.27. The molecule has 1 fully saturated rings. The Morgan fingerprint density at radius 3 is 2.71 bits per heavy atom. The third kappa shape index (κ3) is 3.66. The summed E-state index contributed by atoms with van der Waals surface area (Å²) in [6.45, 7) is -0.105. The summed E-state index contributed by atoms with van der Waals surface area (Å²) < 4.78 is 46.3. The van der Waals surface area contributed by atoms with E-state index < -0.39 is 17.5 Å². The van der Waals surface area contributed by atoms with Crippen LogP contribution in [0.15, 0.2) is 27.5 Å². The van der Waals surface area contributed by atoms with Crippen LogP contribution in [0.5, 0.6) is 0 Å². The summed E-state index contributed by atoms with van der Waals surface area (Å²) in [6.07, 6.45) is 0.717. The predicted molar refractivity (Wildman–Crippen MR) is 81.9 cm³/mol.